The standard InChI is InChI=1S/C14H13NO/c16-15-14-7-3-6-12-11-5-2-1-4-10(11)8-9-13(12)14/h1-2,4-5,8-9,16H,3,6-7H2/b15-14-. The van der Waals surface area contributed by atoms with E-state index in [0.717, 1.165) is 30.5 Å². The highest BCUT2D eigenvalue weighted by Gasteiger charge is 2.17. The molecule has 0 aliphatic heterocycles. The number of fused-ring (bicyclic) bond motifs is 3. The van der Waals surface area contributed by atoms with E-state index in [0.29, 0.717) is 0 Å². The fourth-order valence-electron chi connectivity index (χ4n) is 2.55. The van der Waals surface area contributed by atoms with Crippen molar-refractivity contribution in [1.29, 1.82) is 0 Å². The number of hydrogen-bond donors (Lipinski definition) is 1. The van der Waals surface area contributed by atoms with Gasteiger partial charge in [-0.05, 0) is 35.6 Å². The van der Waals surface area contributed by atoms with Crippen LogP contribution < -0.4 is 0 Å². The first-order valence-electron chi connectivity index (χ1n) is 5.62. The molecule has 80 valence electrons. The van der Waals surface area contributed by atoms with Crippen LogP contribution >= 0.6 is 0 Å². The average Bonchev–Trinajstić information content (AvgIpc) is 2.37. The predicted octanol–water partition coefficient (Wildman–Crippen LogP) is 3.35. The van der Waals surface area contributed by atoms with Crippen molar-refractivity contribution in [2.45, 2.75) is 19.3 Å². The van der Waals surface area contributed by atoms with Crippen molar-refractivity contribution in [2.75, 3.05) is 0 Å². The number of nitrogens with zero attached hydrogens (tertiary/aromatic N) is 1. The summed E-state index contributed by atoms with van der Waals surface area (Å²) in [6, 6.07) is 12.6. The second-order valence-corrected chi connectivity index (χ2v) is 4.21. The highest BCUT2D eigenvalue weighted by Crippen LogP contribution is 2.29. The lowest BCUT2D eigenvalue weighted by atomic mass is 9.86. The first kappa shape index (κ1) is 9.40. The lowest BCUT2D eigenvalue weighted by Crippen LogP contribution is -2.12. The summed E-state index contributed by atoms with van der Waals surface area (Å²) >= 11 is 0. The molecule has 0 bridgehead atoms. The summed E-state index contributed by atoms with van der Waals surface area (Å²) in [6.45, 7) is 0. The van der Waals surface area contributed by atoms with Crippen LogP contribution in [0.1, 0.15) is 24.0 Å². The molecule has 0 atom stereocenters. The maximum Gasteiger partial charge on any atom is 0.0870 e. The van der Waals surface area contributed by atoms with Crippen LogP contribution in [0.2, 0.25) is 0 Å². The number of hydrogen-bond acceptors (Lipinski definition) is 2. The van der Waals surface area contributed by atoms with Gasteiger partial charge in [-0.1, -0.05) is 41.6 Å². The molecule has 16 heavy (non-hydrogen) atoms. The van der Waals surface area contributed by atoms with E-state index in [2.05, 4.69) is 41.6 Å². The second-order valence-electron chi connectivity index (χ2n) is 4.21. The van der Waals surface area contributed by atoms with Crippen LogP contribution in [-0.2, 0) is 6.42 Å². The molecule has 0 amide bonds. The van der Waals surface area contributed by atoms with Crippen LogP contribution in [0.5, 0.6) is 0 Å². The predicted molar refractivity (Wildman–Crippen MR) is 65.2 cm³/mol. The van der Waals surface area contributed by atoms with Gasteiger partial charge in [0.2, 0.25) is 0 Å². The summed E-state index contributed by atoms with van der Waals surface area (Å²) in [4.78, 5) is 0. The Kier molecular flexibility index (Phi) is 2.13. The van der Waals surface area contributed by atoms with Crippen LogP contribution in [0.25, 0.3) is 10.8 Å². The fourth-order valence-corrected chi connectivity index (χ4v) is 2.55. The lowest BCUT2D eigenvalue weighted by Gasteiger charge is -2.18. The number of oxime groups is 1. The first-order chi connectivity index (χ1) is 7.90. The lowest BCUT2D eigenvalue weighted by molar-refractivity contribution is 0.317. The Morgan fingerprint density at radius 1 is 1.00 bits per heavy atom. The molecule has 2 aromatic carbocycles. The summed E-state index contributed by atoms with van der Waals surface area (Å²) < 4.78 is 0. The van der Waals surface area contributed by atoms with Crippen molar-refractivity contribution in [3.63, 3.8) is 0 Å². The molecule has 0 aromatic heterocycles. The summed E-state index contributed by atoms with van der Waals surface area (Å²) in [5, 5.41) is 15.0. The minimum Gasteiger partial charge on any atom is -0.411 e. The molecule has 1 N–H and O–H groups in total. The van der Waals surface area contributed by atoms with Crippen LogP contribution in [0.15, 0.2) is 41.6 Å². The van der Waals surface area contributed by atoms with Gasteiger partial charge in [-0.15, -0.1) is 0 Å². The molecule has 0 radical (unpaired) electrons. The van der Waals surface area contributed by atoms with E-state index in [1.54, 1.807) is 0 Å². The topological polar surface area (TPSA) is 32.6 Å². The van der Waals surface area contributed by atoms with Gasteiger partial charge in [0.15, 0.2) is 0 Å². The molecule has 0 saturated heterocycles. The fraction of sp³-hybridized carbons (Fsp3) is 0.214. The Bertz CT molecular complexity index is 572. The maximum atomic E-state index is 9.00. The minimum absolute atomic E-state index is 0.826. The number of benzene rings is 2. The summed E-state index contributed by atoms with van der Waals surface area (Å²) in [5.74, 6) is 0. The second kappa shape index (κ2) is 3.63. The van der Waals surface area contributed by atoms with Crippen molar-refractivity contribution in [3.05, 3.63) is 47.5 Å². The molecular weight excluding hydrogens is 198 g/mol. The van der Waals surface area contributed by atoms with Gasteiger partial charge in [-0.25, -0.2) is 0 Å². The molecule has 2 aromatic rings. The Labute approximate surface area is 94.2 Å². The van der Waals surface area contributed by atoms with E-state index >= 15 is 0 Å². The van der Waals surface area contributed by atoms with E-state index in [4.69, 9.17) is 5.21 Å². The van der Waals surface area contributed by atoms with Crippen LogP contribution in [0.4, 0.5) is 0 Å². The van der Waals surface area contributed by atoms with Crippen molar-refractivity contribution in [2.24, 2.45) is 5.16 Å². The zero-order chi connectivity index (χ0) is 11.0. The van der Waals surface area contributed by atoms with Crippen LogP contribution in [-0.4, -0.2) is 10.9 Å². The normalized spacial score (nSPS) is 17.6. The Morgan fingerprint density at radius 2 is 1.88 bits per heavy atom. The SMILES string of the molecule is O/N=C1/CCCc2c1ccc1ccccc21. The van der Waals surface area contributed by atoms with Gasteiger partial charge < -0.3 is 5.21 Å². The molecule has 2 heteroatoms. The quantitative estimate of drug-likeness (QED) is 0.526. The summed E-state index contributed by atoms with van der Waals surface area (Å²) in [5.41, 5.74) is 3.27. The molecular formula is C14H13NO. The van der Waals surface area contributed by atoms with Gasteiger partial charge >= 0.3 is 0 Å². The molecule has 0 heterocycles. The first-order valence-corrected chi connectivity index (χ1v) is 5.62. The van der Waals surface area contributed by atoms with Crippen LogP contribution in [0.3, 0.4) is 0 Å². The monoisotopic (exact) mass is 211 g/mol. The zero-order valence-corrected chi connectivity index (χ0v) is 8.98. The highest BCUT2D eigenvalue weighted by molar-refractivity contribution is 6.06. The summed E-state index contributed by atoms with van der Waals surface area (Å²) in [7, 11) is 0. The average molecular weight is 211 g/mol. The van der Waals surface area contributed by atoms with Crippen LogP contribution in [0, 0.1) is 0 Å². The van der Waals surface area contributed by atoms with E-state index in [9.17, 15) is 0 Å². The molecule has 0 saturated carbocycles. The highest BCUT2D eigenvalue weighted by atomic mass is 16.4. The molecule has 2 nitrogen and oxygen atoms in total. The third-order valence-electron chi connectivity index (χ3n) is 3.31. The van der Waals surface area contributed by atoms with E-state index < -0.39 is 0 Å². The summed E-state index contributed by atoms with van der Waals surface area (Å²) in [6.07, 6.45) is 3.03. The van der Waals surface area contributed by atoms with E-state index in [-0.39, 0.29) is 0 Å². The molecule has 1 aliphatic rings. The maximum absolute atomic E-state index is 9.00. The largest absolute Gasteiger partial charge is 0.411 e. The van der Waals surface area contributed by atoms with Gasteiger partial charge in [-0.3, -0.25) is 0 Å². The minimum atomic E-state index is 0.826. The third kappa shape index (κ3) is 1.30. The third-order valence-corrected chi connectivity index (χ3v) is 3.31. The molecule has 0 unspecified atom stereocenters. The van der Waals surface area contributed by atoms with Crippen molar-refractivity contribution < 1.29 is 5.21 Å². The van der Waals surface area contributed by atoms with Crippen molar-refractivity contribution >= 4 is 16.5 Å². The Morgan fingerprint density at radius 3 is 2.75 bits per heavy atom. The van der Waals surface area contributed by atoms with Gasteiger partial charge in [0.1, 0.15) is 0 Å². The van der Waals surface area contributed by atoms with E-state index in [1.165, 1.54) is 16.3 Å². The number of aryl methyl sites for hydroxylation is 1. The molecule has 0 spiro atoms. The molecule has 3 rings (SSSR count). The van der Waals surface area contributed by atoms with Gasteiger partial charge in [0, 0.05) is 5.56 Å². The smallest absolute Gasteiger partial charge is 0.0870 e. The van der Waals surface area contributed by atoms with Gasteiger partial charge in [0.05, 0.1) is 5.71 Å². The molecule has 1 aliphatic carbocycles. The zero-order valence-electron chi connectivity index (χ0n) is 8.98. The molecule has 0 fully saturated rings. The Balaban J connectivity index is 2.34. The van der Waals surface area contributed by atoms with Crippen molar-refractivity contribution in [1.82, 2.24) is 0 Å². The van der Waals surface area contributed by atoms with Gasteiger partial charge in [0.25, 0.3) is 0 Å². The van der Waals surface area contributed by atoms with E-state index in [1.807, 2.05) is 0 Å². The van der Waals surface area contributed by atoms with Gasteiger partial charge in [-0.2, -0.15) is 0 Å². The Hall–Kier alpha value is -1.83. The number of rotatable bonds is 0. The van der Waals surface area contributed by atoms with Crippen molar-refractivity contribution in [3.8, 4) is 0 Å².